The molecule has 0 radical (unpaired) electrons. The van der Waals surface area contributed by atoms with Gasteiger partial charge >= 0.3 is 0 Å². The molecule has 0 unspecified atom stereocenters. The third-order valence-electron chi connectivity index (χ3n) is 3.80. The predicted octanol–water partition coefficient (Wildman–Crippen LogP) is 3.07. The zero-order valence-electron chi connectivity index (χ0n) is 15.0. The molecule has 0 aromatic heterocycles. The highest BCUT2D eigenvalue weighted by atomic mass is 19.1. The summed E-state index contributed by atoms with van der Waals surface area (Å²) in [5.74, 6) is -0.721. The fourth-order valence-electron chi connectivity index (χ4n) is 2.53. The first-order valence-corrected chi connectivity index (χ1v) is 8.54. The topological polar surface area (TPSA) is 84.2 Å². The van der Waals surface area contributed by atoms with Crippen LogP contribution in [0.15, 0.2) is 48.5 Å². The first kappa shape index (κ1) is 19.6. The Bertz CT molecular complexity index is 777. The fraction of sp³-hybridized carbons (Fsp3) is 0.300. The molecule has 4 N–H and O–H groups in total. The van der Waals surface area contributed by atoms with E-state index < -0.39 is 17.8 Å². The Hall–Kier alpha value is -2.73. The van der Waals surface area contributed by atoms with Crippen LogP contribution in [-0.2, 0) is 11.3 Å². The Morgan fingerprint density at radius 3 is 2.54 bits per heavy atom. The molecule has 0 bridgehead atoms. The number of anilines is 1. The third kappa shape index (κ3) is 5.97. The van der Waals surface area contributed by atoms with Crippen LogP contribution in [0, 0.1) is 11.7 Å². The molecule has 6 heteroatoms. The van der Waals surface area contributed by atoms with E-state index in [2.05, 4.69) is 10.6 Å². The molecule has 0 saturated carbocycles. The quantitative estimate of drug-likeness (QED) is 0.712. The Balaban J connectivity index is 1.95. The number of hydrogen-bond acceptors (Lipinski definition) is 3. The number of carbonyl (C=O) groups excluding carboxylic acids is 2. The van der Waals surface area contributed by atoms with Crippen LogP contribution in [-0.4, -0.2) is 17.9 Å². The van der Waals surface area contributed by atoms with E-state index in [1.807, 2.05) is 19.9 Å². The summed E-state index contributed by atoms with van der Waals surface area (Å²) >= 11 is 0. The van der Waals surface area contributed by atoms with Crippen molar-refractivity contribution in [2.75, 3.05) is 5.32 Å². The number of hydrogen-bond donors (Lipinski definition) is 3. The summed E-state index contributed by atoms with van der Waals surface area (Å²) in [7, 11) is 0. The lowest BCUT2D eigenvalue weighted by molar-refractivity contribution is -0.122. The Labute approximate surface area is 152 Å². The Kier molecular flexibility index (Phi) is 6.86. The van der Waals surface area contributed by atoms with Gasteiger partial charge in [-0.15, -0.1) is 0 Å². The molecule has 0 heterocycles. The van der Waals surface area contributed by atoms with Gasteiger partial charge in [0.25, 0.3) is 5.91 Å². The van der Waals surface area contributed by atoms with Crippen molar-refractivity contribution >= 4 is 17.5 Å². The number of nitrogens with one attached hydrogen (secondary N) is 2. The van der Waals surface area contributed by atoms with E-state index >= 15 is 0 Å². The van der Waals surface area contributed by atoms with E-state index in [9.17, 15) is 14.0 Å². The Morgan fingerprint density at radius 2 is 1.85 bits per heavy atom. The molecule has 138 valence electrons. The molecule has 0 saturated heterocycles. The molecule has 26 heavy (non-hydrogen) atoms. The maximum absolute atomic E-state index is 13.2. The Morgan fingerprint density at radius 1 is 1.12 bits per heavy atom. The van der Waals surface area contributed by atoms with Crippen molar-refractivity contribution in [3.05, 3.63) is 65.5 Å². The minimum absolute atomic E-state index is 0.201. The second-order valence-corrected chi connectivity index (χ2v) is 6.62. The minimum atomic E-state index is -0.536. The summed E-state index contributed by atoms with van der Waals surface area (Å²) in [5, 5.41) is 5.52. The van der Waals surface area contributed by atoms with E-state index in [-0.39, 0.29) is 11.5 Å². The van der Waals surface area contributed by atoms with Gasteiger partial charge in [0.1, 0.15) is 5.82 Å². The monoisotopic (exact) mass is 357 g/mol. The normalized spacial score (nSPS) is 11.9. The lowest BCUT2D eigenvalue weighted by Crippen LogP contribution is -2.41. The fourth-order valence-corrected chi connectivity index (χ4v) is 2.53. The van der Waals surface area contributed by atoms with Crippen molar-refractivity contribution in [2.45, 2.75) is 32.9 Å². The van der Waals surface area contributed by atoms with Gasteiger partial charge in [-0.25, -0.2) is 4.39 Å². The first-order valence-electron chi connectivity index (χ1n) is 8.54. The van der Waals surface area contributed by atoms with Crippen molar-refractivity contribution in [1.29, 1.82) is 0 Å². The lowest BCUT2D eigenvalue weighted by Gasteiger charge is -2.14. The summed E-state index contributed by atoms with van der Waals surface area (Å²) in [4.78, 5) is 24.2. The number of nitrogens with two attached hydrogens (primary N) is 1. The van der Waals surface area contributed by atoms with Gasteiger partial charge in [-0.3, -0.25) is 9.59 Å². The minimum Gasteiger partial charge on any atom is -0.351 e. The van der Waals surface area contributed by atoms with E-state index in [0.717, 1.165) is 5.56 Å². The SMILES string of the molecule is CC(C)C[C@H](N)C(=O)NCc1cccc(NC(=O)c2cccc(F)c2)c1. The predicted molar refractivity (Wildman–Crippen MR) is 100 cm³/mol. The maximum Gasteiger partial charge on any atom is 0.255 e. The molecule has 2 aromatic carbocycles. The van der Waals surface area contributed by atoms with Gasteiger partial charge in [0.15, 0.2) is 0 Å². The molecule has 2 amide bonds. The standard InChI is InChI=1S/C20H24FN3O2/c1-13(2)9-18(22)20(26)23-12-14-5-3-8-17(10-14)24-19(25)15-6-4-7-16(21)11-15/h3-8,10-11,13,18H,9,12,22H2,1-2H3,(H,23,26)(H,24,25)/t18-/m0/s1. The highest BCUT2D eigenvalue weighted by Gasteiger charge is 2.14. The molecule has 0 spiro atoms. The van der Waals surface area contributed by atoms with Gasteiger partial charge in [0.05, 0.1) is 6.04 Å². The van der Waals surface area contributed by atoms with E-state index in [0.29, 0.717) is 24.6 Å². The zero-order chi connectivity index (χ0) is 19.1. The number of carbonyl (C=O) groups is 2. The van der Waals surface area contributed by atoms with Gasteiger partial charge in [0, 0.05) is 17.8 Å². The summed E-state index contributed by atoms with van der Waals surface area (Å²) in [6, 6.07) is 12.0. The second-order valence-electron chi connectivity index (χ2n) is 6.62. The molecule has 5 nitrogen and oxygen atoms in total. The largest absolute Gasteiger partial charge is 0.351 e. The van der Waals surface area contributed by atoms with E-state index in [1.165, 1.54) is 18.2 Å². The smallest absolute Gasteiger partial charge is 0.255 e. The number of benzene rings is 2. The molecule has 0 aliphatic carbocycles. The van der Waals surface area contributed by atoms with E-state index in [4.69, 9.17) is 5.73 Å². The molecule has 0 aliphatic rings. The average Bonchev–Trinajstić information content (AvgIpc) is 2.59. The third-order valence-corrected chi connectivity index (χ3v) is 3.80. The van der Waals surface area contributed by atoms with Crippen LogP contribution < -0.4 is 16.4 Å². The zero-order valence-corrected chi connectivity index (χ0v) is 15.0. The molecule has 2 aromatic rings. The molecule has 0 aliphatic heterocycles. The van der Waals surface area contributed by atoms with Crippen molar-refractivity contribution in [3.8, 4) is 0 Å². The van der Waals surface area contributed by atoms with Crippen molar-refractivity contribution < 1.29 is 14.0 Å². The van der Waals surface area contributed by atoms with Crippen LogP contribution in [0.2, 0.25) is 0 Å². The summed E-state index contributed by atoms with van der Waals surface area (Å²) < 4.78 is 13.2. The second kappa shape index (κ2) is 9.10. The molecule has 2 rings (SSSR count). The lowest BCUT2D eigenvalue weighted by atomic mass is 10.0. The van der Waals surface area contributed by atoms with Crippen LogP contribution in [0.25, 0.3) is 0 Å². The summed E-state index contributed by atoms with van der Waals surface area (Å²) in [6.45, 7) is 4.34. The molecule has 1 atom stereocenters. The van der Waals surface area contributed by atoms with Gasteiger partial charge in [-0.05, 0) is 48.2 Å². The van der Waals surface area contributed by atoms with Crippen molar-refractivity contribution in [2.24, 2.45) is 11.7 Å². The van der Waals surface area contributed by atoms with Crippen LogP contribution >= 0.6 is 0 Å². The number of halogens is 1. The highest BCUT2D eigenvalue weighted by Crippen LogP contribution is 2.13. The van der Waals surface area contributed by atoms with Crippen molar-refractivity contribution in [1.82, 2.24) is 5.32 Å². The molecular formula is C20H24FN3O2. The molecule has 0 fully saturated rings. The van der Waals surface area contributed by atoms with Crippen LogP contribution in [0.3, 0.4) is 0 Å². The van der Waals surface area contributed by atoms with Crippen molar-refractivity contribution in [3.63, 3.8) is 0 Å². The van der Waals surface area contributed by atoms with Gasteiger partial charge in [0.2, 0.25) is 5.91 Å². The van der Waals surface area contributed by atoms with Gasteiger partial charge < -0.3 is 16.4 Å². The maximum atomic E-state index is 13.2. The van der Waals surface area contributed by atoms with Crippen LogP contribution in [0.5, 0.6) is 0 Å². The number of amides is 2. The molecular weight excluding hydrogens is 333 g/mol. The van der Waals surface area contributed by atoms with Crippen LogP contribution in [0.1, 0.15) is 36.2 Å². The summed E-state index contributed by atoms with van der Waals surface area (Å²) in [6.07, 6.45) is 0.621. The van der Waals surface area contributed by atoms with E-state index in [1.54, 1.807) is 24.3 Å². The average molecular weight is 357 g/mol. The van der Waals surface area contributed by atoms with Crippen LogP contribution in [0.4, 0.5) is 10.1 Å². The summed E-state index contributed by atoms with van der Waals surface area (Å²) in [5.41, 5.74) is 7.49. The first-order chi connectivity index (χ1) is 12.3. The van der Waals surface area contributed by atoms with Gasteiger partial charge in [-0.1, -0.05) is 32.0 Å². The number of rotatable bonds is 7. The highest BCUT2D eigenvalue weighted by molar-refractivity contribution is 6.04. The van der Waals surface area contributed by atoms with Gasteiger partial charge in [-0.2, -0.15) is 0 Å².